The van der Waals surface area contributed by atoms with Crippen molar-refractivity contribution in [3.05, 3.63) is 23.5 Å². The average molecular weight is 248 g/mol. The van der Waals surface area contributed by atoms with E-state index in [2.05, 4.69) is 18.8 Å². The van der Waals surface area contributed by atoms with Crippen LogP contribution in [0.5, 0.6) is 5.75 Å². The van der Waals surface area contributed by atoms with E-state index in [0.29, 0.717) is 17.7 Å². The first kappa shape index (κ1) is 12.9. The molecule has 18 heavy (non-hydrogen) atoms. The Morgan fingerprint density at radius 3 is 2.61 bits per heavy atom. The molecule has 1 fully saturated rings. The van der Waals surface area contributed by atoms with Gasteiger partial charge in [0.05, 0.1) is 12.3 Å². The van der Waals surface area contributed by atoms with Gasteiger partial charge in [0.1, 0.15) is 11.4 Å². The van der Waals surface area contributed by atoms with Gasteiger partial charge >= 0.3 is 0 Å². The van der Waals surface area contributed by atoms with E-state index in [9.17, 15) is 4.79 Å². The number of ether oxygens (including phenoxy) is 1. The molecular formula is C14H20N2O2. The summed E-state index contributed by atoms with van der Waals surface area (Å²) in [6, 6.07) is 1.85. The van der Waals surface area contributed by atoms with E-state index in [1.54, 1.807) is 20.3 Å². The van der Waals surface area contributed by atoms with E-state index in [1.165, 1.54) is 4.90 Å². The van der Waals surface area contributed by atoms with Crippen LogP contribution in [0.4, 0.5) is 0 Å². The normalized spacial score (nSPS) is 14.7. The van der Waals surface area contributed by atoms with Crippen LogP contribution in [0.25, 0.3) is 0 Å². The molecule has 0 aromatic carbocycles. The molecule has 1 heterocycles. The van der Waals surface area contributed by atoms with E-state index in [1.807, 2.05) is 6.07 Å². The summed E-state index contributed by atoms with van der Waals surface area (Å²) in [4.78, 5) is 17.6. The van der Waals surface area contributed by atoms with Gasteiger partial charge in [-0.05, 0) is 24.8 Å². The Morgan fingerprint density at radius 1 is 1.44 bits per heavy atom. The fourth-order valence-corrected chi connectivity index (χ4v) is 1.72. The second kappa shape index (κ2) is 4.96. The van der Waals surface area contributed by atoms with E-state index < -0.39 is 0 Å². The van der Waals surface area contributed by atoms with Crippen molar-refractivity contribution in [1.29, 1.82) is 0 Å². The smallest absolute Gasteiger partial charge is 0.271 e. The van der Waals surface area contributed by atoms with Gasteiger partial charge in [-0.2, -0.15) is 0 Å². The second-order valence-electron chi connectivity index (χ2n) is 5.28. The summed E-state index contributed by atoms with van der Waals surface area (Å²) in [6.07, 6.45) is 4.27. The van der Waals surface area contributed by atoms with E-state index in [0.717, 1.165) is 24.2 Å². The second-order valence-corrected chi connectivity index (χ2v) is 5.28. The maximum Gasteiger partial charge on any atom is 0.271 e. The topological polar surface area (TPSA) is 42.4 Å². The maximum atomic E-state index is 11.9. The molecule has 1 amide bonds. The third-order valence-electron chi connectivity index (χ3n) is 2.96. The Kier molecular flexibility index (Phi) is 3.55. The number of hydrogen-bond donors (Lipinski definition) is 0. The van der Waals surface area contributed by atoms with Gasteiger partial charge in [-0.3, -0.25) is 4.79 Å². The van der Waals surface area contributed by atoms with E-state index in [-0.39, 0.29) is 5.91 Å². The largest absolute Gasteiger partial charge is 0.489 e. The molecule has 0 aliphatic heterocycles. The standard InChI is InChI=1S/C14H20N2O2/c1-9(2)11-7-12(14(17)16(3)4)15-8-13(11)18-10-5-6-10/h7-10H,5-6H2,1-4H3. The van der Waals surface area contributed by atoms with Crippen LogP contribution in [-0.2, 0) is 0 Å². The number of rotatable bonds is 4. The Bertz CT molecular complexity index is 451. The van der Waals surface area contributed by atoms with Crippen molar-refractivity contribution in [2.45, 2.75) is 38.7 Å². The van der Waals surface area contributed by atoms with Crippen LogP contribution in [0.15, 0.2) is 12.3 Å². The molecule has 0 spiro atoms. The summed E-state index contributed by atoms with van der Waals surface area (Å²) in [6.45, 7) is 4.19. The lowest BCUT2D eigenvalue weighted by Crippen LogP contribution is -2.23. The van der Waals surface area contributed by atoms with Crippen LogP contribution in [0, 0.1) is 0 Å². The summed E-state index contributed by atoms with van der Waals surface area (Å²) >= 11 is 0. The highest BCUT2D eigenvalue weighted by Crippen LogP contribution is 2.32. The van der Waals surface area contributed by atoms with Gasteiger partial charge in [-0.15, -0.1) is 0 Å². The summed E-state index contributed by atoms with van der Waals surface area (Å²) < 4.78 is 5.83. The Morgan fingerprint density at radius 2 is 2.11 bits per heavy atom. The third-order valence-corrected chi connectivity index (χ3v) is 2.96. The molecule has 2 rings (SSSR count). The van der Waals surface area contributed by atoms with Crippen molar-refractivity contribution in [3.63, 3.8) is 0 Å². The first-order valence-electron chi connectivity index (χ1n) is 6.37. The van der Waals surface area contributed by atoms with Gasteiger partial charge in [0, 0.05) is 19.7 Å². The van der Waals surface area contributed by atoms with E-state index in [4.69, 9.17) is 4.74 Å². The number of amides is 1. The summed E-state index contributed by atoms with van der Waals surface area (Å²) in [5, 5.41) is 0. The van der Waals surface area contributed by atoms with Crippen LogP contribution in [0.1, 0.15) is 48.7 Å². The number of nitrogens with zero attached hydrogens (tertiary/aromatic N) is 2. The molecule has 0 radical (unpaired) electrons. The molecule has 4 heteroatoms. The maximum absolute atomic E-state index is 11.9. The number of carbonyl (C=O) groups is 1. The first-order valence-corrected chi connectivity index (χ1v) is 6.37. The monoisotopic (exact) mass is 248 g/mol. The zero-order valence-corrected chi connectivity index (χ0v) is 11.4. The molecule has 0 N–H and O–H groups in total. The van der Waals surface area contributed by atoms with Crippen LogP contribution in [0.3, 0.4) is 0 Å². The molecule has 1 aromatic heterocycles. The lowest BCUT2D eigenvalue weighted by molar-refractivity contribution is 0.0821. The highest BCUT2D eigenvalue weighted by atomic mass is 16.5. The molecule has 1 aliphatic carbocycles. The number of aromatic nitrogens is 1. The zero-order chi connectivity index (χ0) is 13.3. The van der Waals surface area contributed by atoms with Crippen molar-refractivity contribution in [3.8, 4) is 5.75 Å². The molecule has 0 saturated heterocycles. The highest BCUT2D eigenvalue weighted by molar-refractivity contribution is 5.92. The van der Waals surface area contributed by atoms with Crippen LogP contribution >= 0.6 is 0 Å². The van der Waals surface area contributed by atoms with Gasteiger partial charge in [-0.1, -0.05) is 13.8 Å². The zero-order valence-electron chi connectivity index (χ0n) is 11.4. The van der Waals surface area contributed by atoms with Gasteiger partial charge < -0.3 is 9.64 Å². The molecule has 0 bridgehead atoms. The minimum atomic E-state index is -0.0742. The summed E-state index contributed by atoms with van der Waals surface area (Å²) in [7, 11) is 3.46. The number of carbonyl (C=O) groups excluding carboxylic acids is 1. The van der Waals surface area contributed by atoms with Crippen LogP contribution in [0.2, 0.25) is 0 Å². The Labute approximate surface area is 108 Å². The Balaban J connectivity index is 2.29. The first-order chi connectivity index (χ1) is 8.49. The minimum absolute atomic E-state index is 0.0742. The quantitative estimate of drug-likeness (QED) is 0.822. The molecule has 4 nitrogen and oxygen atoms in total. The van der Waals surface area contributed by atoms with Crippen molar-refractivity contribution in [2.75, 3.05) is 14.1 Å². The SMILES string of the molecule is CC(C)c1cc(C(=O)N(C)C)ncc1OC1CC1. The fourth-order valence-electron chi connectivity index (χ4n) is 1.72. The fraction of sp³-hybridized carbons (Fsp3) is 0.571. The van der Waals surface area contributed by atoms with Gasteiger partial charge in [0.15, 0.2) is 0 Å². The van der Waals surface area contributed by atoms with Crippen molar-refractivity contribution in [2.24, 2.45) is 0 Å². The van der Waals surface area contributed by atoms with Crippen LogP contribution < -0.4 is 4.74 Å². The predicted molar refractivity (Wildman–Crippen MR) is 70.0 cm³/mol. The molecule has 1 saturated carbocycles. The molecule has 1 aliphatic rings. The van der Waals surface area contributed by atoms with E-state index >= 15 is 0 Å². The van der Waals surface area contributed by atoms with Gasteiger partial charge in [0.2, 0.25) is 0 Å². The van der Waals surface area contributed by atoms with Gasteiger partial charge in [-0.25, -0.2) is 4.98 Å². The van der Waals surface area contributed by atoms with Crippen molar-refractivity contribution < 1.29 is 9.53 Å². The lowest BCUT2D eigenvalue weighted by atomic mass is 10.0. The third kappa shape index (κ3) is 2.81. The van der Waals surface area contributed by atoms with Crippen LogP contribution in [-0.4, -0.2) is 36.0 Å². The number of pyridine rings is 1. The Hall–Kier alpha value is -1.58. The molecule has 0 atom stereocenters. The summed E-state index contributed by atoms with van der Waals surface area (Å²) in [5.41, 5.74) is 1.54. The molecular weight excluding hydrogens is 228 g/mol. The van der Waals surface area contributed by atoms with Crippen molar-refractivity contribution >= 4 is 5.91 Å². The molecule has 0 unspecified atom stereocenters. The molecule has 1 aromatic rings. The number of hydrogen-bond acceptors (Lipinski definition) is 3. The van der Waals surface area contributed by atoms with Gasteiger partial charge in [0.25, 0.3) is 5.91 Å². The lowest BCUT2D eigenvalue weighted by Gasteiger charge is -2.16. The van der Waals surface area contributed by atoms with Crippen molar-refractivity contribution in [1.82, 2.24) is 9.88 Å². The average Bonchev–Trinajstić information content (AvgIpc) is 3.12. The highest BCUT2D eigenvalue weighted by Gasteiger charge is 2.25. The molecule has 98 valence electrons. The summed E-state index contributed by atoms with van der Waals surface area (Å²) in [5.74, 6) is 1.06. The minimum Gasteiger partial charge on any atom is -0.489 e. The predicted octanol–water partition coefficient (Wildman–Crippen LogP) is 2.45.